The molecule has 0 spiro atoms. The molecule has 3 aromatic rings. The Morgan fingerprint density at radius 2 is 2.00 bits per heavy atom. The van der Waals surface area contributed by atoms with E-state index in [9.17, 15) is 0 Å². The van der Waals surface area contributed by atoms with Crippen molar-refractivity contribution in [2.75, 3.05) is 19.5 Å². The Balaban J connectivity index is 1.73. The van der Waals surface area contributed by atoms with Gasteiger partial charge in [-0.2, -0.15) is 5.10 Å². The maximum absolute atomic E-state index is 5.40. The molecule has 0 radical (unpaired) electrons. The van der Waals surface area contributed by atoms with E-state index in [1.807, 2.05) is 24.3 Å². The predicted molar refractivity (Wildman–Crippen MR) is 95.2 cm³/mol. The second kappa shape index (κ2) is 5.83. The average molecular weight is 387 g/mol. The summed E-state index contributed by atoms with van der Waals surface area (Å²) in [5.74, 6) is 3.02. The molecule has 122 valence electrons. The molecule has 7 heteroatoms. The minimum Gasteiger partial charge on any atom is -0.493 e. The second-order valence-corrected chi connectivity index (χ2v) is 6.28. The topological polar surface area (TPSA) is 72.1 Å². The number of fused-ring (bicyclic) bond motifs is 3. The molecule has 0 saturated heterocycles. The molecule has 4 rings (SSSR count). The zero-order valence-electron chi connectivity index (χ0n) is 13.2. The highest BCUT2D eigenvalue weighted by atomic mass is 79.9. The molecular weight excluding hydrogens is 372 g/mol. The van der Waals surface area contributed by atoms with Gasteiger partial charge in [-0.25, -0.2) is 4.98 Å². The normalized spacial score (nSPS) is 11.8. The van der Waals surface area contributed by atoms with E-state index in [0.717, 1.165) is 45.1 Å². The molecule has 0 bridgehead atoms. The van der Waals surface area contributed by atoms with Gasteiger partial charge in [0.25, 0.3) is 0 Å². The van der Waals surface area contributed by atoms with Crippen molar-refractivity contribution < 1.29 is 9.47 Å². The number of halogens is 1. The number of hydrogen-bond donors (Lipinski definition) is 2. The van der Waals surface area contributed by atoms with Crippen LogP contribution in [0.4, 0.5) is 11.6 Å². The monoisotopic (exact) mass is 386 g/mol. The van der Waals surface area contributed by atoms with Gasteiger partial charge in [0.15, 0.2) is 11.5 Å². The van der Waals surface area contributed by atoms with Gasteiger partial charge in [0, 0.05) is 23.7 Å². The first kappa shape index (κ1) is 15.0. The number of aromatic nitrogens is 3. The summed E-state index contributed by atoms with van der Waals surface area (Å²) in [6.07, 6.45) is 2.52. The van der Waals surface area contributed by atoms with E-state index in [1.54, 1.807) is 20.4 Å². The first-order valence-corrected chi connectivity index (χ1v) is 8.20. The first-order chi connectivity index (χ1) is 11.7. The molecule has 2 aromatic heterocycles. The van der Waals surface area contributed by atoms with Crippen molar-refractivity contribution in [3.8, 4) is 22.8 Å². The van der Waals surface area contributed by atoms with Crippen LogP contribution < -0.4 is 14.8 Å². The maximum Gasteiger partial charge on any atom is 0.161 e. The van der Waals surface area contributed by atoms with Gasteiger partial charge >= 0.3 is 0 Å². The number of H-pyrrole nitrogens is 1. The van der Waals surface area contributed by atoms with Crippen molar-refractivity contribution in [3.05, 3.63) is 46.1 Å². The third kappa shape index (κ3) is 2.32. The largest absolute Gasteiger partial charge is 0.493 e. The Labute approximate surface area is 147 Å². The molecule has 0 amide bonds. The summed E-state index contributed by atoms with van der Waals surface area (Å²) in [6.45, 7) is 0. The molecule has 0 saturated carbocycles. The molecule has 0 atom stereocenters. The predicted octanol–water partition coefficient (Wildman–Crippen LogP) is 3.90. The van der Waals surface area contributed by atoms with Crippen molar-refractivity contribution in [2.45, 2.75) is 6.42 Å². The van der Waals surface area contributed by atoms with Gasteiger partial charge in [0.1, 0.15) is 11.6 Å². The van der Waals surface area contributed by atoms with Crippen LogP contribution in [0.15, 0.2) is 34.9 Å². The number of aromatic amines is 1. The van der Waals surface area contributed by atoms with E-state index in [-0.39, 0.29) is 0 Å². The fourth-order valence-corrected chi connectivity index (χ4v) is 3.29. The molecule has 2 N–H and O–H groups in total. The molecule has 0 aliphatic heterocycles. The van der Waals surface area contributed by atoms with Gasteiger partial charge in [-0.3, -0.25) is 5.10 Å². The summed E-state index contributed by atoms with van der Waals surface area (Å²) in [4.78, 5) is 4.34. The molecule has 2 heterocycles. The summed E-state index contributed by atoms with van der Waals surface area (Å²) in [7, 11) is 3.28. The summed E-state index contributed by atoms with van der Waals surface area (Å²) in [5, 5.41) is 10.8. The third-order valence-corrected chi connectivity index (χ3v) is 4.74. The molecular formula is C17H15BrN4O2. The number of nitrogens with zero attached hydrogens (tertiary/aromatic N) is 2. The fraction of sp³-hybridized carbons (Fsp3) is 0.176. The number of methoxy groups -OCH3 is 2. The number of nitrogens with one attached hydrogen (secondary N) is 2. The lowest BCUT2D eigenvalue weighted by atomic mass is 10.1. The Morgan fingerprint density at radius 1 is 1.21 bits per heavy atom. The fourth-order valence-electron chi connectivity index (χ4n) is 2.94. The minimum absolute atomic E-state index is 0.703. The standard InChI is InChI=1S/C17H15BrN4O2/c1-23-13-7-9-6-11-15(10(9)8-14(13)24-2)21-22-16(11)20-17-12(18)4-3-5-19-17/h3-5,7-8H,6H2,1-2H3,(H2,19,20,21,22). The van der Waals surface area contributed by atoms with Crippen LogP contribution in [0, 0.1) is 0 Å². The number of hydrogen-bond acceptors (Lipinski definition) is 5. The summed E-state index contributed by atoms with van der Waals surface area (Å²) in [6, 6.07) is 7.80. The third-order valence-electron chi connectivity index (χ3n) is 4.10. The highest BCUT2D eigenvalue weighted by Gasteiger charge is 2.27. The van der Waals surface area contributed by atoms with Gasteiger partial charge in [-0.1, -0.05) is 0 Å². The van der Waals surface area contributed by atoms with Crippen molar-refractivity contribution in [2.24, 2.45) is 0 Å². The molecule has 1 aromatic carbocycles. The zero-order valence-corrected chi connectivity index (χ0v) is 14.8. The maximum atomic E-state index is 5.40. The average Bonchev–Trinajstić information content (AvgIpc) is 3.15. The molecule has 6 nitrogen and oxygen atoms in total. The zero-order chi connectivity index (χ0) is 16.7. The Bertz CT molecular complexity index is 923. The van der Waals surface area contributed by atoms with Crippen LogP contribution in [0.2, 0.25) is 0 Å². The van der Waals surface area contributed by atoms with Crippen molar-refractivity contribution in [1.82, 2.24) is 15.2 Å². The molecule has 0 unspecified atom stereocenters. The van der Waals surface area contributed by atoms with Crippen molar-refractivity contribution >= 4 is 27.6 Å². The van der Waals surface area contributed by atoms with E-state index < -0.39 is 0 Å². The summed E-state index contributed by atoms with van der Waals surface area (Å²) in [5.41, 5.74) is 4.27. The molecule has 0 fully saturated rings. The quantitative estimate of drug-likeness (QED) is 0.556. The SMILES string of the molecule is COc1cc2c(cc1OC)-c1n[nH]c(Nc3ncccc3Br)c1C2. The molecule has 1 aliphatic carbocycles. The van der Waals surface area contributed by atoms with E-state index in [1.165, 1.54) is 5.56 Å². The lowest BCUT2D eigenvalue weighted by Crippen LogP contribution is -1.98. The highest BCUT2D eigenvalue weighted by Crippen LogP contribution is 2.44. The van der Waals surface area contributed by atoms with Gasteiger partial charge in [0.2, 0.25) is 0 Å². The van der Waals surface area contributed by atoms with E-state index >= 15 is 0 Å². The van der Waals surface area contributed by atoms with Crippen LogP contribution in [0.5, 0.6) is 11.5 Å². The summed E-state index contributed by atoms with van der Waals surface area (Å²) >= 11 is 3.50. The van der Waals surface area contributed by atoms with E-state index in [2.05, 4.69) is 36.4 Å². The Kier molecular flexibility index (Phi) is 3.65. The van der Waals surface area contributed by atoms with E-state index in [0.29, 0.717) is 5.75 Å². The van der Waals surface area contributed by atoms with Gasteiger partial charge in [-0.15, -0.1) is 0 Å². The Morgan fingerprint density at radius 3 is 2.75 bits per heavy atom. The Hall–Kier alpha value is -2.54. The van der Waals surface area contributed by atoms with Crippen LogP contribution >= 0.6 is 15.9 Å². The number of rotatable bonds is 4. The smallest absolute Gasteiger partial charge is 0.161 e. The lowest BCUT2D eigenvalue weighted by Gasteiger charge is -2.10. The first-order valence-electron chi connectivity index (χ1n) is 7.41. The van der Waals surface area contributed by atoms with Crippen LogP contribution in [0.25, 0.3) is 11.3 Å². The second-order valence-electron chi connectivity index (χ2n) is 5.43. The van der Waals surface area contributed by atoms with Crippen LogP contribution in [0.1, 0.15) is 11.1 Å². The van der Waals surface area contributed by atoms with Gasteiger partial charge in [0.05, 0.1) is 24.4 Å². The number of benzene rings is 1. The number of ether oxygens (including phenoxy) is 2. The van der Waals surface area contributed by atoms with Gasteiger partial charge in [-0.05, 0) is 45.8 Å². The van der Waals surface area contributed by atoms with E-state index in [4.69, 9.17) is 9.47 Å². The molecule has 1 aliphatic rings. The van der Waals surface area contributed by atoms with Crippen molar-refractivity contribution in [3.63, 3.8) is 0 Å². The molecule has 24 heavy (non-hydrogen) atoms. The van der Waals surface area contributed by atoms with Gasteiger partial charge < -0.3 is 14.8 Å². The van der Waals surface area contributed by atoms with Crippen LogP contribution in [-0.4, -0.2) is 29.4 Å². The number of anilines is 2. The van der Waals surface area contributed by atoms with Crippen LogP contribution in [0.3, 0.4) is 0 Å². The van der Waals surface area contributed by atoms with Crippen molar-refractivity contribution in [1.29, 1.82) is 0 Å². The lowest BCUT2D eigenvalue weighted by molar-refractivity contribution is 0.355. The summed E-state index contributed by atoms with van der Waals surface area (Å²) < 4.78 is 11.7. The highest BCUT2D eigenvalue weighted by molar-refractivity contribution is 9.10. The minimum atomic E-state index is 0.703. The number of pyridine rings is 1. The van der Waals surface area contributed by atoms with Crippen LogP contribution in [-0.2, 0) is 6.42 Å².